The van der Waals surface area contributed by atoms with E-state index in [1.165, 1.54) is 10.6 Å². The predicted molar refractivity (Wildman–Crippen MR) is 67.9 cm³/mol. The zero-order valence-electron chi connectivity index (χ0n) is 10.1. The highest BCUT2D eigenvalue weighted by atomic mass is 16.4. The van der Waals surface area contributed by atoms with E-state index in [0.29, 0.717) is 11.3 Å². The molecule has 0 aliphatic carbocycles. The second kappa shape index (κ2) is 4.16. The molecular formula is C13H10N4O2. The summed E-state index contributed by atoms with van der Waals surface area (Å²) >= 11 is 0. The third-order valence-corrected chi connectivity index (χ3v) is 2.73. The van der Waals surface area contributed by atoms with Crippen LogP contribution in [-0.2, 0) is 0 Å². The van der Waals surface area contributed by atoms with Gasteiger partial charge in [0.2, 0.25) is 0 Å². The molecule has 3 aromatic heterocycles. The van der Waals surface area contributed by atoms with Gasteiger partial charge in [-0.3, -0.25) is 4.98 Å². The van der Waals surface area contributed by atoms with Crippen LogP contribution in [0.3, 0.4) is 0 Å². The van der Waals surface area contributed by atoms with Crippen molar-refractivity contribution in [1.29, 1.82) is 0 Å². The van der Waals surface area contributed by atoms with Gasteiger partial charge in [0, 0.05) is 24.0 Å². The van der Waals surface area contributed by atoms with Crippen LogP contribution < -0.4 is 0 Å². The normalized spacial score (nSPS) is 10.8. The van der Waals surface area contributed by atoms with Crippen LogP contribution in [0.25, 0.3) is 16.9 Å². The van der Waals surface area contributed by atoms with Crippen LogP contribution >= 0.6 is 0 Å². The van der Waals surface area contributed by atoms with E-state index in [2.05, 4.69) is 15.1 Å². The number of hydrogen-bond acceptors (Lipinski definition) is 4. The monoisotopic (exact) mass is 254 g/mol. The lowest BCUT2D eigenvalue weighted by Gasteiger charge is -2.04. The van der Waals surface area contributed by atoms with Crippen molar-refractivity contribution in [2.24, 2.45) is 0 Å². The van der Waals surface area contributed by atoms with E-state index < -0.39 is 5.97 Å². The Morgan fingerprint density at radius 1 is 1.37 bits per heavy atom. The van der Waals surface area contributed by atoms with E-state index >= 15 is 0 Å². The summed E-state index contributed by atoms with van der Waals surface area (Å²) in [6.07, 6.45) is 3.30. The Hall–Kier alpha value is -2.76. The SMILES string of the molecule is Cc1cc2nc(-c3cccnc3)cc(C(=O)O)n2n1. The second-order valence-electron chi connectivity index (χ2n) is 4.13. The Balaban J connectivity index is 2.30. The van der Waals surface area contributed by atoms with Gasteiger partial charge >= 0.3 is 5.97 Å². The molecule has 0 saturated heterocycles. The summed E-state index contributed by atoms with van der Waals surface area (Å²) in [5.41, 5.74) is 2.65. The first-order valence-electron chi connectivity index (χ1n) is 5.66. The Labute approximate surface area is 108 Å². The van der Waals surface area contributed by atoms with Crippen LogP contribution in [0.2, 0.25) is 0 Å². The zero-order valence-corrected chi connectivity index (χ0v) is 10.1. The van der Waals surface area contributed by atoms with Crippen molar-refractivity contribution in [3.05, 3.63) is 48.0 Å². The Morgan fingerprint density at radius 2 is 2.21 bits per heavy atom. The Morgan fingerprint density at radius 3 is 2.89 bits per heavy atom. The summed E-state index contributed by atoms with van der Waals surface area (Å²) in [7, 11) is 0. The van der Waals surface area contributed by atoms with Crippen molar-refractivity contribution in [2.75, 3.05) is 0 Å². The molecule has 1 N–H and O–H groups in total. The van der Waals surface area contributed by atoms with Crippen LogP contribution in [0.4, 0.5) is 0 Å². The molecule has 0 unspecified atom stereocenters. The molecule has 3 rings (SSSR count). The molecule has 19 heavy (non-hydrogen) atoms. The smallest absolute Gasteiger partial charge is 0.354 e. The second-order valence-corrected chi connectivity index (χ2v) is 4.13. The van der Waals surface area contributed by atoms with E-state index in [1.807, 2.05) is 6.07 Å². The number of rotatable bonds is 2. The van der Waals surface area contributed by atoms with Crippen LogP contribution in [0.1, 0.15) is 16.2 Å². The van der Waals surface area contributed by atoms with Crippen molar-refractivity contribution in [1.82, 2.24) is 19.6 Å². The lowest BCUT2D eigenvalue weighted by molar-refractivity contribution is 0.0687. The van der Waals surface area contributed by atoms with E-state index in [-0.39, 0.29) is 5.69 Å². The fourth-order valence-corrected chi connectivity index (χ4v) is 1.90. The molecule has 6 heteroatoms. The number of aromatic nitrogens is 4. The summed E-state index contributed by atoms with van der Waals surface area (Å²) < 4.78 is 1.33. The molecule has 0 spiro atoms. The van der Waals surface area contributed by atoms with E-state index in [1.54, 1.807) is 31.5 Å². The molecule has 0 amide bonds. The van der Waals surface area contributed by atoms with Crippen molar-refractivity contribution < 1.29 is 9.90 Å². The maximum atomic E-state index is 11.3. The number of fused-ring (bicyclic) bond motifs is 1. The quantitative estimate of drug-likeness (QED) is 0.754. The number of carbonyl (C=O) groups is 1. The average Bonchev–Trinajstić information content (AvgIpc) is 2.78. The minimum Gasteiger partial charge on any atom is -0.477 e. The molecule has 0 aliphatic rings. The Bertz CT molecular complexity index is 765. The maximum Gasteiger partial charge on any atom is 0.354 e. The first-order chi connectivity index (χ1) is 9.15. The van der Waals surface area contributed by atoms with Gasteiger partial charge in [-0.25, -0.2) is 14.3 Å². The molecule has 3 heterocycles. The average molecular weight is 254 g/mol. The van der Waals surface area contributed by atoms with Crippen LogP contribution in [-0.4, -0.2) is 30.7 Å². The highest BCUT2D eigenvalue weighted by Gasteiger charge is 2.14. The van der Waals surface area contributed by atoms with E-state index in [4.69, 9.17) is 0 Å². The number of hydrogen-bond donors (Lipinski definition) is 1. The minimum absolute atomic E-state index is 0.0805. The number of carboxylic acid groups (broad SMARTS) is 1. The fourth-order valence-electron chi connectivity index (χ4n) is 1.90. The standard InChI is InChI=1S/C13H10N4O2/c1-8-5-12-15-10(9-3-2-4-14-7-9)6-11(13(18)19)17(12)16-8/h2-7H,1H3,(H,18,19). The number of pyridine rings is 1. The largest absolute Gasteiger partial charge is 0.477 e. The van der Waals surface area contributed by atoms with Gasteiger partial charge in [-0.15, -0.1) is 0 Å². The lowest BCUT2D eigenvalue weighted by atomic mass is 10.2. The van der Waals surface area contributed by atoms with Gasteiger partial charge in [0.05, 0.1) is 11.4 Å². The first kappa shape index (κ1) is 11.3. The molecule has 0 bridgehead atoms. The van der Waals surface area contributed by atoms with Gasteiger partial charge in [0.15, 0.2) is 11.3 Å². The fraction of sp³-hybridized carbons (Fsp3) is 0.0769. The van der Waals surface area contributed by atoms with Crippen LogP contribution in [0.15, 0.2) is 36.7 Å². The molecule has 3 aromatic rings. The maximum absolute atomic E-state index is 11.3. The molecule has 6 nitrogen and oxygen atoms in total. The van der Waals surface area contributed by atoms with Crippen molar-refractivity contribution in [3.63, 3.8) is 0 Å². The van der Waals surface area contributed by atoms with Gasteiger partial charge in [-0.2, -0.15) is 5.10 Å². The number of carboxylic acids is 1. The number of nitrogens with zero attached hydrogens (tertiary/aromatic N) is 4. The molecule has 0 atom stereocenters. The number of aromatic carboxylic acids is 1. The third-order valence-electron chi connectivity index (χ3n) is 2.73. The van der Waals surface area contributed by atoms with Crippen molar-refractivity contribution in [2.45, 2.75) is 6.92 Å². The summed E-state index contributed by atoms with van der Waals surface area (Å²) in [6, 6.07) is 6.86. The van der Waals surface area contributed by atoms with Crippen molar-refractivity contribution in [3.8, 4) is 11.3 Å². The van der Waals surface area contributed by atoms with Crippen LogP contribution in [0, 0.1) is 6.92 Å². The highest BCUT2D eigenvalue weighted by molar-refractivity contribution is 5.88. The summed E-state index contributed by atoms with van der Waals surface area (Å²) in [4.78, 5) is 19.7. The zero-order chi connectivity index (χ0) is 13.4. The molecule has 0 saturated carbocycles. The molecule has 0 aromatic carbocycles. The topological polar surface area (TPSA) is 80.4 Å². The summed E-state index contributed by atoms with van der Waals surface area (Å²) in [6.45, 7) is 1.80. The first-order valence-corrected chi connectivity index (χ1v) is 5.66. The van der Waals surface area contributed by atoms with Crippen molar-refractivity contribution >= 4 is 11.6 Å². The lowest BCUT2D eigenvalue weighted by Crippen LogP contribution is -2.08. The molecule has 0 aliphatic heterocycles. The molecular weight excluding hydrogens is 244 g/mol. The van der Waals surface area contributed by atoms with E-state index in [9.17, 15) is 9.90 Å². The van der Waals surface area contributed by atoms with Gasteiger partial charge in [0.1, 0.15) is 0 Å². The summed E-state index contributed by atoms with van der Waals surface area (Å²) in [5, 5.41) is 13.4. The van der Waals surface area contributed by atoms with Gasteiger partial charge in [-0.05, 0) is 25.1 Å². The Kier molecular flexibility index (Phi) is 2.49. The van der Waals surface area contributed by atoms with Gasteiger partial charge in [-0.1, -0.05) is 0 Å². The van der Waals surface area contributed by atoms with E-state index in [0.717, 1.165) is 11.3 Å². The predicted octanol–water partition coefficient (Wildman–Crippen LogP) is 1.80. The molecule has 0 radical (unpaired) electrons. The minimum atomic E-state index is -1.04. The molecule has 94 valence electrons. The molecule has 0 fully saturated rings. The van der Waals surface area contributed by atoms with Gasteiger partial charge in [0.25, 0.3) is 0 Å². The third kappa shape index (κ3) is 1.93. The summed E-state index contributed by atoms with van der Waals surface area (Å²) in [5.74, 6) is -1.04. The highest BCUT2D eigenvalue weighted by Crippen LogP contribution is 2.19. The van der Waals surface area contributed by atoms with Gasteiger partial charge < -0.3 is 5.11 Å². The van der Waals surface area contributed by atoms with Crippen LogP contribution in [0.5, 0.6) is 0 Å². The number of aryl methyl sites for hydroxylation is 1.